The van der Waals surface area contributed by atoms with E-state index in [0.717, 1.165) is 18.5 Å². The molecule has 0 aliphatic heterocycles. The van der Waals surface area contributed by atoms with Crippen LogP contribution in [0.1, 0.15) is 35.0 Å². The van der Waals surface area contributed by atoms with E-state index in [-0.39, 0.29) is 5.78 Å². The van der Waals surface area contributed by atoms with Crippen LogP contribution in [-0.2, 0) is 6.54 Å². The lowest BCUT2D eigenvalue weighted by molar-refractivity contribution is 0.102. The maximum Gasteiger partial charge on any atom is 0.214 e. The molecule has 4 heteroatoms. The monoisotopic (exact) mass is 258 g/mol. The van der Waals surface area contributed by atoms with Gasteiger partial charge in [0, 0.05) is 12.7 Å². The van der Waals surface area contributed by atoms with Crippen molar-refractivity contribution in [3.63, 3.8) is 0 Å². The van der Waals surface area contributed by atoms with E-state index in [1.54, 1.807) is 24.1 Å². The lowest BCUT2D eigenvalue weighted by Crippen LogP contribution is -2.12. The molecule has 0 saturated heterocycles. The van der Waals surface area contributed by atoms with Crippen molar-refractivity contribution in [1.82, 2.24) is 9.78 Å². The molecule has 0 fully saturated rings. The van der Waals surface area contributed by atoms with Crippen LogP contribution in [0.15, 0.2) is 30.5 Å². The molecule has 0 amide bonds. The molecule has 19 heavy (non-hydrogen) atoms. The Morgan fingerprint density at radius 2 is 2.16 bits per heavy atom. The molecule has 2 aromatic rings. The quantitative estimate of drug-likeness (QED) is 0.775. The van der Waals surface area contributed by atoms with Gasteiger partial charge >= 0.3 is 0 Å². The third-order valence-electron chi connectivity index (χ3n) is 2.98. The number of carbonyl (C=O) groups is 1. The number of aryl methyl sites for hydroxylation is 2. The van der Waals surface area contributed by atoms with Crippen LogP contribution >= 0.6 is 0 Å². The van der Waals surface area contributed by atoms with Crippen molar-refractivity contribution in [2.24, 2.45) is 0 Å². The summed E-state index contributed by atoms with van der Waals surface area (Å²) in [5.41, 5.74) is 2.22. The van der Waals surface area contributed by atoms with Crippen LogP contribution in [-0.4, -0.2) is 22.7 Å². The Balaban J connectivity index is 2.43. The predicted octanol–water partition coefficient (Wildman–Crippen LogP) is 2.84. The topological polar surface area (TPSA) is 44.1 Å². The van der Waals surface area contributed by atoms with Gasteiger partial charge in [-0.1, -0.05) is 18.6 Å². The molecule has 4 nitrogen and oxygen atoms in total. The van der Waals surface area contributed by atoms with Crippen molar-refractivity contribution < 1.29 is 9.53 Å². The first kappa shape index (κ1) is 13.3. The molecule has 1 aromatic carbocycles. The smallest absolute Gasteiger partial charge is 0.214 e. The maximum absolute atomic E-state index is 12.6. The summed E-state index contributed by atoms with van der Waals surface area (Å²) in [7, 11) is 1.57. The largest absolute Gasteiger partial charge is 0.496 e. The summed E-state index contributed by atoms with van der Waals surface area (Å²) in [6, 6.07) is 7.35. The Morgan fingerprint density at radius 1 is 1.37 bits per heavy atom. The van der Waals surface area contributed by atoms with Gasteiger partial charge in [0.1, 0.15) is 11.4 Å². The van der Waals surface area contributed by atoms with Gasteiger partial charge in [0.05, 0.1) is 12.7 Å². The molecule has 1 aromatic heterocycles. The highest BCUT2D eigenvalue weighted by Gasteiger charge is 2.18. The fourth-order valence-corrected chi connectivity index (χ4v) is 2.05. The van der Waals surface area contributed by atoms with Crippen molar-refractivity contribution in [1.29, 1.82) is 0 Å². The van der Waals surface area contributed by atoms with Gasteiger partial charge in [-0.25, -0.2) is 0 Å². The van der Waals surface area contributed by atoms with Gasteiger partial charge in [-0.05, 0) is 31.5 Å². The van der Waals surface area contributed by atoms with E-state index in [4.69, 9.17) is 4.74 Å². The highest BCUT2D eigenvalue weighted by atomic mass is 16.5. The van der Waals surface area contributed by atoms with Crippen LogP contribution in [0.2, 0.25) is 0 Å². The van der Waals surface area contributed by atoms with Crippen molar-refractivity contribution >= 4 is 5.78 Å². The zero-order valence-electron chi connectivity index (χ0n) is 11.5. The molecular weight excluding hydrogens is 240 g/mol. The minimum absolute atomic E-state index is 0.0495. The van der Waals surface area contributed by atoms with Crippen LogP contribution in [0.4, 0.5) is 0 Å². The minimum Gasteiger partial charge on any atom is -0.496 e. The second-order valence-corrected chi connectivity index (χ2v) is 4.47. The second-order valence-electron chi connectivity index (χ2n) is 4.47. The fourth-order valence-electron chi connectivity index (χ4n) is 2.05. The van der Waals surface area contributed by atoms with E-state index < -0.39 is 0 Å². The van der Waals surface area contributed by atoms with E-state index in [9.17, 15) is 4.79 Å². The summed E-state index contributed by atoms with van der Waals surface area (Å²) in [6.45, 7) is 4.75. The molecule has 0 aliphatic rings. The average Bonchev–Trinajstić information content (AvgIpc) is 2.86. The Bertz CT molecular complexity index is 588. The van der Waals surface area contributed by atoms with Gasteiger partial charge in [-0.15, -0.1) is 0 Å². The molecule has 0 radical (unpaired) electrons. The number of benzene rings is 1. The Hall–Kier alpha value is -2.10. The van der Waals surface area contributed by atoms with E-state index in [1.165, 1.54) is 0 Å². The van der Waals surface area contributed by atoms with Crippen molar-refractivity contribution in [3.8, 4) is 5.75 Å². The molecule has 0 atom stereocenters. The first-order valence-corrected chi connectivity index (χ1v) is 6.38. The number of hydrogen-bond donors (Lipinski definition) is 0. The van der Waals surface area contributed by atoms with Crippen molar-refractivity contribution in [2.75, 3.05) is 7.11 Å². The Morgan fingerprint density at radius 3 is 2.84 bits per heavy atom. The first-order chi connectivity index (χ1) is 9.17. The number of ketones is 1. The zero-order chi connectivity index (χ0) is 13.8. The van der Waals surface area contributed by atoms with E-state index >= 15 is 0 Å². The van der Waals surface area contributed by atoms with Crippen LogP contribution in [0.3, 0.4) is 0 Å². The lowest BCUT2D eigenvalue weighted by atomic mass is 10.0. The molecule has 0 bridgehead atoms. The van der Waals surface area contributed by atoms with Crippen LogP contribution in [0, 0.1) is 6.92 Å². The summed E-state index contributed by atoms with van der Waals surface area (Å²) < 4.78 is 7.01. The molecule has 100 valence electrons. The molecular formula is C15H18N2O2. The van der Waals surface area contributed by atoms with Crippen molar-refractivity contribution in [2.45, 2.75) is 26.8 Å². The first-order valence-electron chi connectivity index (χ1n) is 6.38. The van der Waals surface area contributed by atoms with Gasteiger partial charge in [0.2, 0.25) is 5.78 Å². The molecule has 0 aliphatic carbocycles. The summed E-state index contributed by atoms with van der Waals surface area (Å²) in [6.07, 6.45) is 2.60. The van der Waals surface area contributed by atoms with Gasteiger partial charge < -0.3 is 4.74 Å². The third-order valence-corrected chi connectivity index (χ3v) is 2.98. The Kier molecular flexibility index (Phi) is 4.00. The second kappa shape index (κ2) is 5.69. The van der Waals surface area contributed by atoms with E-state index in [0.29, 0.717) is 17.0 Å². The number of nitrogens with zero attached hydrogens (tertiary/aromatic N) is 2. The Labute approximate surface area is 113 Å². The summed E-state index contributed by atoms with van der Waals surface area (Å²) >= 11 is 0. The number of hydrogen-bond acceptors (Lipinski definition) is 3. The standard InChI is InChI=1S/C15H18N2O2/c1-4-9-17-13(7-8-16-17)15(18)12-10-11(2)5-6-14(12)19-3/h5-8,10H,4,9H2,1-3H3. The number of rotatable bonds is 5. The normalized spacial score (nSPS) is 10.5. The summed E-state index contributed by atoms with van der Waals surface area (Å²) in [5, 5.41) is 4.19. The number of methoxy groups -OCH3 is 1. The van der Waals surface area contributed by atoms with Crippen LogP contribution < -0.4 is 4.74 Å². The molecule has 0 saturated carbocycles. The predicted molar refractivity (Wildman–Crippen MR) is 73.7 cm³/mol. The number of carbonyl (C=O) groups excluding carboxylic acids is 1. The zero-order valence-corrected chi connectivity index (χ0v) is 11.5. The van der Waals surface area contributed by atoms with E-state index in [2.05, 4.69) is 12.0 Å². The van der Waals surface area contributed by atoms with Gasteiger partial charge in [0.25, 0.3) is 0 Å². The fraction of sp³-hybridized carbons (Fsp3) is 0.333. The number of ether oxygens (including phenoxy) is 1. The van der Waals surface area contributed by atoms with Crippen LogP contribution in [0.5, 0.6) is 5.75 Å². The molecule has 0 N–H and O–H groups in total. The maximum atomic E-state index is 12.6. The molecule has 2 rings (SSSR count). The van der Waals surface area contributed by atoms with Gasteiger partial charge in [-0.2, -0.15) is 5.10 Å². The van der Waals surface area contributed by atoms with Crippen LogP contribution in [0.25, 0.3) is 0 Å². The highest BCUT2D eigenvalue weighted by Crippen LogP contribution is 2.22. The van der Waals surface area contributed by atoms with Gasteiger partial charge in [-0.3, -0.25) is 9.48 Å². The summed E-state index contributed by atoms with van der Waals surface area (Å²) in [4.78, 5) is 12.6. The average molecular weight is 258 g/mol. The highest BCUT2D eigenvalue weighted by molar-refractivity contribution is 6.09. The number of aromatic nitrogens is 2. The van der Waals surface area contributed by atoms with Gasteiger partial charge in [0.15, 0.2) is 0 Å². The summed E-state index contributed by atoms with van der Waals surface area (Å²) in [5.74, 6) is 0.548. The van der Waals surface area contributed by atoms with Crippen molar-refractivity contribution in [3.05, 3.63) is 47.3 Å². The lowest BCUT2D eigenvalue weighted by Gasteiger charge is -2.10. The SMILES string of the molecule is CCCn1nccc1C(=O)c1cc(C)ccc1OC. The minimum atomic E-state index is -0.0495. The third kappa shape index (κ3) is 2.67. The van der Waals surface area contributed by atoms with E-state index in [1.807, 2.05) is 25.1 Å². The molecule has 0 unspecified atom stereocenters. The molecule has 0 spiro atoms. The molecule has 1 heterocycles.